The molecule has 0 atom stereocenters. The van der Waals surface area contributed by atoms with Crippen LogP contribution in [0, 0.1) is 11.6 Å². The average molecular weight is 279 g/mol. The molecular weight excluding hydrogens is 264 g/mol. The lowest BCUT2D eigenvalue weighted by Gasteiger charge is -2.11. The Kier molecular flexibility index (Phi) is 4.20. The van der Waals surface area contributed by atoms with Crippen molar-refractivity contribution in [2.24, 2.45) is 5.73 Å². The highest BCUT2D eigenvalue weighted by Gasteiger charge is 2.15. The van der Waals surface area contributed by atoms with E-state index in [1.165, 1.54) is 14.2 Å². The van der Waals surface area contributed by atoms with Crippen molar-refractivity contribution in [2.45, 2.75) is 6.54 Å². The van der Waals surface area contributed by atoms with Crippen molar-refractivity contribution in [3.63, 3.8) is 0 Å². The first-order chi connectivity index (χ1) is 9.60. The van der Waals surface area contributed by atoms with Gasteiger partial charge in [-0.05, 0) is 17.7 Å². The van der Waals surface area contributed by atoms with Gasteiger partial charge in [0.05, 0.1) is 19.8 Å². The number of hydrogen-bond acceptors (Lipinski definition) is 3. The van der Waals surface area contributed by atoms with E-state index in [1.807, 2.05) is 0 Å². The van der Waals surface area contributed by atoms with Gasteiger partial charge in [-0.15, -0.1) is 0 Å². The normalized spacial score (nSPS) is 10.4. The summed E-state index contributed by atoms with van der Waals surface area (Å²) in [7, 11) is 2.87. The molecule has 0 aromatic heterocycles. The maximum atomic E-state index is 14.0. The summed E-state index contributed by atoms with van der Waals surface area (Å²) in [6, 6.07) is 7.13. The molecule has 3 nitrogen and oxygen atoms in total. The van der Waals surface area contributed by atoms with E-state index in [9.17, 15) is 8.78 Å². The van der Waals surface area contributed by atoms with Crippen LogP contribution in [0.5, 0.6) is 11.5 Å². The van der Waals surface area contributed by atoms with Crippen molar-refractivity contribution in [2.75, 3.05) is 14.2 Å². The Bertz CT molecular complexity index is 606. The molecule has 106 valence electrons. The molecule has 0 saturated heterocycles. The fraction of sp³-hybridized carbons (Fsp3) is 0.200. The Hall–Kier alpha value is -2.14. The van der Waals surface area contributed by atoms with Gasteiger partial charge >= 0.3 is 0 Å². The Labute approximate surface area is 115 Å². The molecule has 0 saturated carbocycles. The predicted octanol–water partition coefficient (Wildman–Crippen LogP) is 3.11. The highest BCUT2D eigenvalue weighted by atomic mass is 19.1. The topological polar surface area (TPSA) is 44.5 Å². The molecule has 0 unspecified atom stereocenters. The molecule has 0 bridgehead atoms. The van der Waals surface area contributed by atoms with Gasteiger partial charge < -0.3 is 15.2 Å². The van der Waals surface area contributed by atoms with Gasteiger partial charge in [0.15, 0.2) is 0 Å². The molecule has 20 heavy (non-hydrogen) atoms. The molecular formula is C15H15F2NO2. The lowest BCUT2D eigenvalue weighted by atomic mass is 10.0. The van der Waals surface area contributed by atoms with E-state index >= 15 is 0 Å². The van der Waals surface area contributed by atoms with Crippen LogP contribution in [0.15, 0.2) is 30.3 Å². The zero-order chi connectivity index (χ0) is 14.7. The zero-order valence-electron chi connectivity index (χ0n) is 11.2. The summed E-state index contributed by atoms with van der Waals surface area (Å²) in [4.78, 5) is 0. The second-order valence-corrected chi connectivity index (χ2v) is 4.20. The maximum Gasteiger partial charge on any atom is 0.137 e. The summed E-state index contributed by atoms with van der Waals surface area (Å²) >= 11 is 0. The third-order valence-corrected chi connectivity index (χ3v) is 3.04. The van der Waals surface area contributed by atoms with Crippen LogP contribution in [-0.2, 0) is 6.54 Å². The van der Waals surface area contributed by atoms with Crippen LogP contribution in [0.1, 0.15) is 5.56 Å². The quantitative estimate of drug-likeness (QED) is 0.935. The van der Waals surface area contributed by atoms with Crippen LogP contribution in [0.4, 0.5) is 8.78 Å². The van der Waals surface area contributed by atoms with Gasteiger partial charge in [-0.1, -0.05) is 6.07 Å². The minimum Gasteiger partial charge on any atom is -0.497 e. The van der Waals surface area contributed by atoms with Crippen LogP contribution >= 0.6 is 0 Å². The molecule has 0 aliphatic carbocycles. The first kappa shape index (κ1) is 14.3. The van der Waals surface area contributed by atoms with E-state index in [0.717, 1.165) is 12.1 Å². The van der Waals surface area contributed by atoms with Crippen molar-refractivity contribution in [1.29, 1.82) is 0 Å². The molecule has 5 heteroatoms. The minimum absolute atomic E-state index is 0.108. The third kappa shape index (κ3) is 2.58. The second-order valence-electron chi connectivity index (χ2n) is 4.20. The fourth-order valence-electron chi connectivity index (χ4n) is 2.04. The number of methoxy groups -OCH3 is 2. The number of benzene rings is 2. The van der Waals surface area contributed by atoms with E-state index in [2.05, 4.69) is 0 Å². The Balaban J connectivity index is 2.57. The summed E-state index contributed by atoms with van der Waals surface area (Å²) in [5.41, 5.74) is 6.59. The van der Waals surface area contributed by atoms with E-state index < -0.39 is 11.6 Å². The van der Waals surface area contributed by atoms with Crippen LogP contribution in [0.2, 0.25) is 0 Å². The molecule has 2 aromatic rings. The molecule has 2 aromatic carbocycles. The maximum absolute atomic E-state index is 14.0. The number of halogens is 2. The average Bonchev–Trinajstić information content (AvgIpc) is 2.46. The SMILES string of the molecule is COc1cc(F)c(-c2ccc(OC)c(CN)c2)c(F)c1. The van der Waals surface area contributed by atoms with Crippen LogP contribution in [0.3, 0.4) is 0 Å². The van der Waals surface area contributed by atoms with Gasteiger partial charge in [0, 0.05) is 24.2 Å². The molecule has 0 aliphatic rings. The Morgan fingerprint density at radius 2 is 1.65 bits per heavy atom. The van der Waals surface area contributed by atoms with Gasteiger partial charge in [0.25, 0.3) is 0 Å². The van der Waals surface area contributed by atoms with Crippen molar-refractivity contribution < 1.29 is 18.3 Å². The molecule has 0 radical (unpaired) electrons. The highest BCUT2D eigenvalue weighted by molar-refractivity contribution is 5.68. The molecule has 0 aliphatic heterocycles. The van der Waals surface area contributed by atoms with Crippen LogP contribution < -0.4 is 15.2 Å². The summed E-state index contributed by atoms with van der Waals surface area (Å²) in [6.07, 6.45) is 0. The molecule has 0 fully saturated rings. The first-order valence-electron chi connectivity index (χ1n) is 6.01. The lowest BCUT2D eigenvalue weighted by molar-refractivity contribution is 0.407. The van der Waals surface area contributed by atoms with Crippen molar-refractivity contribution in [3.8, 4) is 22.6 Å². The van der Waals surface area contributed by atoms with Crippen LogP contribution in [0.25, 0.3) is 11.1 Å². The monoisotopic (exact) mass is 279 g/mol. The molecule has 0 amide bonds. The number of rotatable bonds is 4. The number of hydrogen-bond donors (Lipinski definition) is 1. The van der Waals surface area contributed by atoms with Gasteiger partial charge in [-0.3, -0.25) is 0 Å². The zero-order valence-corrected chi connectivity index (χ0v) is 11.2. The molecule has 2 N–H and O–H groups in total. The summed E-state index contributed by atoms with van der Waals surface area (Å²) in [6.45, 7) is 0.219. The molecule has 0 spiro atoms. The van der Waals surface area contributed by atoms with Gasteiger partial charge in [0.1, 0.15) is 23.1 Å². The smallest absolute Gasteiger partial charge is 0.137 e. The Morgan fingerprint density at radius 1 is 1.00 bits per heavy atom. The van der Waals surface area contributed by atoms with Gasteiger partial charge in [-0.2, -0.15) is 0 Å². The first-order valence-corrected chi connectivity index (χ1v) is 6.01. The largest absolute Gasteiger partial charge is 0.497 e. The van der Waals surface area contributed by atoms with E-state index in [1.54, 1.807) is 18.2 Å². The van der Waals surface area contributed by atoms with E-state index in [4.69, 9.17) is 15.2 Å². The fourth-order valence-corrected chi connectivity index (χ4v) is 2.04. The van der Waals surface area contributed by atoms with Gasteiger partial charge in [0.2, 0.25) is 0 Å². The summed E-state index contributed by atoms with van der Waals surface area (Å²) in [5.74, 6) is -0.646. The van der Waals surface area contributed by atoms with Crippen molar-refractivity contribution in [1.82, 2.24) is 0 Å². The van der Waals surface area contributed by atoms with E-state index in [-0.39, 0.29) is 17.9 Å². The van der Waals surface area contributed by atoms with Gasteiger partial charge in [-0.25, -0.2) is 8.78 Å². The third-order valence-electron chi connectivity index (χ3n) is 3.04. The van der Waals surface area contributed by atoms with Crippen molar-refractivity contribution in [3.05, 3.63) is 47.5 Å². The van der Waals surface area contributed by atoms with Crippen LogP contribution in [-0.4, -0.2) is 14.2 Å². The molecule has 2 rings (SSSR count). The Morgan fingerprint density at radius 3 is 2.15 bits per heavy atom. The lowest BCUT2D eigenvalue weighted by Crippen LogP contribution is -2.01. The molecule has 0 heterocycles. The minimum atomic E-state index is -0.685. The summed E-state index contributed by atoms with van der Waals surface area (Å²) in [5, 5.41) is 0. The summed E-state index contributed by atoms with van der Waals surface area (Å²) < 4.78 is 38.0. The second kappa shape index (κ2) is 5.88. The van der Waals surface area contributed by atoms with E-state index in [0.29, 0.717) is 16.9 Å². The number of nitrogens with two attached hydrogens (primary N) is 1. The highest BCUT2D eigenvalue weighted by Crippen LogP contribution is 2.32. The predicted molar refractivity (Wildman–Crippen MR) is 72.8 cm³/mol. The van der Waals surface area contributed by atoms with Crippen molar-refractivity contribution >= 4 is 0 Å². The number of ether oxygens (including phenoxy) is 2. The standard InChI is InChI=1S/C15H15F2NO2/c1-19-11-6-12(16)15(13(17)7-11)9-3-4-14(20-2)10(5-9)8-18/h3-7H,8,18H2,1-2H3.